The summed E-state index contributed by atoms with van der Waals surface area (Å²) in [6.45, 7) is 9.05. The highest BCUT2D eigenvalue weighted by Gasteiger charge is 2.17. The normalized spacial score (nSPS) is 19.8. The summed E-state index contributed by atoms with van der Waals surface area (Å²) in [5.41, 5.74) is 2.43. The lowest BCUT2D eigenvalue weighted by Gasteiger charge is -2.25. The van der Waals surface area contributed by atoms with Crippen molar-refractivity contribution < 1.29 is 4.39 Å². The van der Waals surface area contributed by atoms with E-state index >= 15 is 0 Å². The van der Waals surface area contributed by atoms with E-state index in [1.54, 1.807) is 6.20 Å². The average Bonchev–Trinajstić information content (AvgIpc) is 2.43. The van der Waals surface area contributed by atoms with Crippen molar-refractivity contribution in [2.75, 3.05) is 18.4 Å². The van der Waals surface area contributed by atoms with Crippen molar-refractivity contribution in [1.82, 2.24) is 10.3 Å². The molecule has 0 spiro atoms. The van der Waals surface area contributed by atoms with Gasteiger partial charge in [-0.3, -0.25) is 4.99 Å². The first-order valence-corrected chi connectivity index (χ1v) is 6.89. The van der Waals surface area contributed by atoms with E-state index in [0.29, 0.717) is 5.82 Å². The van der Waals surface area contributed by atoms with Gasteiger partial charge in [-0.15, -0.1) is 0 Å². The van der Waals surface area contributed by atoms with Gasteiger partial charge in [0.05, 0.1) is 5.69 Å². The molecule has 0 saturated carbocycles. The summed E-state index contributed by atoms with van der Waals surface area (Å²) < 4.78 is 14.0. The monoisotopic (exact) mass is 276 g/mol. The SMILES string of the molecule is C=N/C=C(\C)c1nc(NC2CCCNC2)c(F)cc1C. The summed E-state index contributed by atoms with van der Waals surface area (Å²) >= 11 is 0. The minimum absolute atomic E-state index is 0.225. The Morgan fingerprint density at radius 1 is 1.65 bits per heavy atom. The molecule has 0 radical (unpaired) electrons. The number of nitrogens with one attached hydrogen (secondary N) is 2. The summed E-state index contributed by atoms with van der Waals surface area (Å²) in [6, 6.07) is 1.74. The maximum absolute atomic E-state index is 14.0. The van der Waals surface area contributed by atoms with E-state index in [2.05, 4.69) is 27.3 Å². The fourth-order valence-corrected chi connectivity index (χ4v) is 2.45. The van der Waals surface area contributed by atoms with E-state index in [1.807, 2.05) is 13.8 Å². The molecule has 1 aliphatic heterocycles. The number of pyridine rings is 1. The van der Waals surface area contributed by atoms with Crippen molar-refractivity contribution in [3.05, 3.63) is 29.3 Å². The Bertz CT molecular complexity index is 519. The third-order valence-corrected chi connectivity index (χ3v) is 3.46. The third kappa shape index (κ3) is 3.42. The molecule has 0 aliphatic carbocycles. The van der Waals surface area contributed by atoms with Crippen molar-refractivity contribution in [2.45, 2.75) is 32.7 Å². The summed E-state index contributed by atoms with van der Waals surface area (Å²) in [7, 11) is 0. The number of anilines is 1. The fraction of sp³-hybridized carbons (Fsp3) is 0.467. The molecule has 1 atom stereocenters. The number of allylic oxidation sites excluding steroid dienone is 1. The van der Waals surface area contributed by atoms with Crippen molar-refractivity contribution in [1.29, 1.82) is 0 Å². The molecule has 4 nitrogen and oxygen atoms in total. The first-order chi connectivity index (χ1) is 9.61. The average molecular weight is 276 g/mol. The highest BCUT2D eigenvalue weighted by atomic mass is 19.1. The molecule has 2 heterocycles. The summed E-state index contributed by atoms with van der Waals surface area (Å²) in [4.78, 5) is 8.16. The Morgan fingerprint density at radius 3 is 3.10 bits per heavy atom. The van der Waals surface area contributed by atoms with E-state index in [9.17, 15) is 4.39 Å². The van der Waals surface area contributed by atoms with Gasteiger partial charge in [0.2, 0.25) is 0 Å². The molecule has 20 heavy (non-hydrogen) atoms. The Balaban J connectivity index is 2.25. The molecule has 2 N–H and O–H groups in total. The molecule has 0 bridgehead atoms. The molecule has 2 rings (SSSR count). The zero-order valence-corrected chi connectivity index (χ0v) is 12.0. The largest absolute Gasteiger partial charge is 0.364 e. The zero-order valence-electron chi connectivity index (χ0n) is 12.0. The summed E-state index contributed by atoms with van der Waals surface area (Å²) in [5, 5.41) is 6.49. The van der Waals surface area contributed by atoms with Crippen LogP contribution in [0.15, 0.2) is 17.3 Å². The Morgan fingerprint density at radius 2 is 2.45 bits per heavy atom. The van der Waals surface area contributed by atoms with Crippen molar-refractivity contribution >= 4 is 18.1 Å². The molecule has 5 heteroatoms. The van der Waals surface area contributed by atoms with E-state index in [0.717, 1.165) is 42.8 Å². The number of piperidine rings is 1. The van der Waals surface area contributed by atoms with Gasteiger partial charge in [0.25, 0.3) is 0 Å². The smallest absolute Gasteiger partial charge is 0.165 e. The molecule has 0 aromatic carbocycles. The first-order valence-electron chi connectivity index (χ1n) is 6.89. The van der Waals surface area contributed by atoms with Crippen molar-refractivity contribution in [2.24, 2.45) is 4.99 Å². The molecule has 1 aromatic rings. The highest BCUT2D eigenvalue weighted by Crippen LogP contribution is 2.22. The minimum Gasteiger partial charge on any atom is -0.364 e. The molecule has 1 fully saturated rings. The van der Waals surface area contributed by atoms with E-state index in [4.69, 9.17) is 0 Å². The van der Waals surface area contributed by atoms with Crippen LogP contribution in [0.25, 0.3) is 5.57 Å². The molecule has 108 valence electrons. The predicted molar refractivity (Wildman–Crippen MR) is 81.6 cm³/mol. The van der Waals surface area contributed by atoms with Crippen LogP contribution in [0.3, 0.4) is 0 Å². The molecule has 1 aliphatic rings. The molecule has 1 unspecified atom stereocenters. The summed E-state index contributed by atoms with van der Waals surface area (Å²) in [5.74, 6) is 0.00676. The van der Waals surface area contributed by atoms with Crippen LogP contribution in [-0.2, 0) is 0 Å². The van der Waals surface area contributed by atoms with Gasteiger partial charge in [-0.2, -0.15) is 0 Å². The van der Waals surface area contributed by atoms with Crippen LogP contribution in [0.4, 0.5) is 10.2 Å². The van der Waals surface area contributed by atoms with Crippen LogP contribution in [0.2, 0.25) is 0 Å². The Hall–Kier alpha value is -1.75. The van der Waals surface area contributed by atoms with Crippen molar-refractivity contribution in [3.63, 3.8) is 0 Å². The van der Waals surface area contributed by atoms with Gasteiger partial charge in [0.15, 0.2) is 11.6 Å². The van der Waals surface area contributed by atoms with Gasteiger partial charge in [0, 0.05) is 18.8 Å². The fourth-order valence-electron chi connectivity index (χ4n) is 2.45. The van der Waals surface area contributed by atoms with Crippen molar-refractivity contribution in [3.8, 4) is 0 Å². The second-order valence-corrected chi connectivity index (χ2v) is 5.17. The predicted octanol–water partition coefficient (Wildman–Crippen LogP) is 2.75. The van der Waals surface area contributed by atoms with Crippen LogP contribution in [0, 0.1) is 12.7 Å². The number of aryl methyl sites for hydroxylation is 1. The quantitative estimate of drug-likeness (QED) is 0.831. The third-order valence-electron chi connectivity index (χ3n) is 3.46. The van der Waals surface area contributed by atoms with Gasteiger partial charge in [-0.05, 0) is 57.2 Å². The number of halogens is 1. The van der Waals surface area contributed by atoms with Crippen LogP contribution in [0.1, 0.15) is 31.0 Å². The Kier molecular flexibility index (Phi) is 4.84. The van der Waals surface area contributed by atoms with Gasteiger partial charge in [-0.1, -0.05) is 0 Å². The first kappa shape index (κ1) is 14.7. The number of aromatic nitrogens is 1. The lowest BCUT2D eigenvalue weighted by Crippen LogP contribution is -2.38. The zero-order chi connectivity index (χ0) is 14.5. The van der Waals surface area contributed by atoms with Crippen LogP contribution < -0.4 is 10.6 Å². The molecule has 0 amide bonds. The maximum atomic E-state index is 14.0. The molecular weight excluding hydrogens is 255 g/mol. The lowest BCUT2D eigenvalue weighted by molar-refractivity contribution is 0.476. The van der Waals surface area contributed by atoms with Gasteiger partial charge >= 0.3 is 0 Å². The van der Waals surface area contributed by atoms with Gasteiger partial charge < -0.3 is 10.6 Å². The number of hydrogen-bond donors (Lipinski definition) is 2. The topological polar surface area (TPSA) is 49.3 Å². The van der Waals surface area contributed by atoms with Gasteiger partial charge in [-0.25, -0.2) is 9.37 Å². The van der Waals surface area contributed by atoms with Gasteiger partial charge in [0.1, 0.15) is 0 Å². The van der Waals surface area contributed by atoms with E-state index in [-0.39, 0.29) is 11.9 Å². The lowest BCUT2D eigenvalue weighted by atomic mass is 10.1. The molecule has 1 saturated heterocycles. The highest BCUT2D eigenvalue weighted by molar-refractivity contribution is 5.65. The molecule has 1 aromatic heterocycles. The second-order valence-electron chi connectivity index (χ2n) is 5.17. The number of rotatable bonds is 4. The maximum Gasteiger partial charge on any atom is 0.165 e. The minimum atomic E-state index is -0.309. The standard InChI is InChI=1S/C15H21FN4/c1-10-7-13(16)15(19-12-5-4-6-18-9-12)20-14(10)11(2)8-17-3/h7-8,12,18H,3-6,9H2,1-2H3,(H,19,20)/b11-8+. The number of hydrogen-bond acceptors (Lipinski definition) is 4. The van der Waals surface area contributed by atoms with Crippen LogP contribution in [-0.4, -0.2) is 30.8 Å². The second kappa shape index (κ2) is 6.61. The van der Waals surface area contributed by atoms with E-state index < -0.39 is 0 Å². The van der Waals surface area contributed by atoms with E-state index in [1.165, 1.54) is 6.07 Å². The number of aliphatic imine (C=N–C) groups is 1. The van der Waals surface area contributed by atoms with Crippen LogP contribution in [0.5, 0.6) is 0 Å². The number of nitrogens with zero attached hydrogens (tertiary/aromatic N) is 2. The van der Waals surface area contributed by atoms with Crippen LogP contribution >= 0.6 is 0 Å². The summed E-state index contributed by atoms with van der Waals surface area (Å²) in [6.07, 6.45) is 3.76. The molecular formula is C15H21FN4. The Labute approximate surface area is 119 Å².